The minimum Gasteiger partial charge on any atom is -0.339 e. The van der Waals surface area contributed by atoms with Gasteiger partial charge in [-0.05, 0) is 55.9 Å². The second-order valence-corrected chi connectivity index (χ2v) is 6.58. The SMILES string of the molecule is CN(C(=O)c1ccc(C#N)cc1)C1CCN(CC2CC2)CC1. The van der Waals surface area contributed by atoms with Crippen LogP contribution < -0.4 is 0 Å². The molecule has 1 saturated heterocycles. The van der Waals surface area contributed by atoms with E-state index in [0.717, 1.165) is 31.8 Å². The molecule has 1 aromatic carbocycles. The van der Waals surface area contributed by atoms with Crippen molar-refractivity contribution in [2.24, 2.45) is 5.92 Å². The Morgan fingerprint density at radius 2 is 1.86 bits per heavy atom. The van der Waals surface area contributed by atoms with Gasteiger partial charge in [0.1, 0.15) is 0 Å². The van der Waals surface area contributed by atoms with Crippen molar-refractivity contribution in [3.63, 3.8) is 0 Å². The molecule has 0 N–H and O–H groups in total. The number of benzene rings is 1. The van der Waals surface area contributed by atoms with Gasteiger partial charge in [0, 0.05) is 38.3 Å². The zero-order valence-electron chi connectivity index (χ0n) is 13.2. The lowest BCUT2D eigenvalue weighted by molar-refractivity contribution is 0.0639. The quantitative estimate of drug-likeness (QED) is 0.858. The van der Waals surface area contributed by atoms with Crippen molar-refractivity contribution in [2.45, 2.75) is 31.7 Å². The number of hydrogen-bond donors (Lipinski definition) is 0. The van der Waals surface area contributed by atoms with Gasteiger partial charge in [-0.2, -0.15) is 5.26 Å². The summed E-state index contributed by atoms with van der Waals surface area (Å²) in [6.45, 7) is 3.46. The number of nitriles is 1. The highest BCUT2D eigenvalue weighted by atomic mass is 16.2. The predicted molar refractivity (Wildman–Crippen MR) is 85.4 cm³/mol. The molecule has 1 saturated carbocycles. The van der Waals surface area contributed by atoms with Crippen LogP contribution in [0.2, 0.25) is 0 Å². The van der Waals surface area contributed by atoms with Crippen LogP contribution >= 0.6 is 0 Å². The van der Waals surface area contributed by atoms with E-state index in [1.807, 2.05) is 11.9 Å². The molecule has 1 heterocycles. The Morgan fingerprint density at radius 3 is 2.41 bits per heavy atom. The van der Waals surface area contributed by atoms with Crippen LogP contribution in [-0.2, 0) is 0 Å². The highest BCUT2D eigenvalue weighted by molar-refractivity contribution is 5.94. The van der Waals surface area contributed by atoms with Crippen LogP contribution in [0, 0.1) is 17.2 Å². The van der Waals surface area contributed by atoms with E-state index < -0.39 is 0 Å². The number of carbonyl (C=O) groups excluding carboxylic acids is 1. The average molecular weight is 297 g/mol. The number of likely N-dealkylation sites (tertiary alicyclic amines) is 1. The molecule has 2 aliphatic rings. The third-order valence-corrected chi connectivity index (χ3v) is 4.90. The van der Waals surface area contributed by atoms with E-state index in [1.165, 1.54) is 19.4 Å². The van der Waals surface area contributed by atoms with Crippen molar-refractivity contribution in [1.82, 2.24) is 9.80 Å². The maximum Gasteiger partial charge on any atom is 0.253 e. The number of rotatable bonds is 4. The van der Waals surface area contributed by atoms with Crippen LogP contribution in [0.4, 0.5) is 0 Å². The van der Waals surface area contributed by atoms with Gasteiger partial charge in [-0.3, -0.25) is 4.79 Å². The van der Waals surface area contributed by atoms with E-state index in [4.69, 9.17) is 5.26 Å². The number of carbonyl (C=O) groups is 1. The highest BCUT2D eigenvalue weighted by Gasteiger charge is 2.29. The molecule has 0 atom stereocenters. The normalized spacial score (nSPS) is 19.6. The number of piperidine rings is 1. The molecule has 3 rings (SSSR count). The predicted octanol–water partition coefficient (Wildman–Crippen LogP) is 2.50. The topological polar surface area (TPSA) is 47.3 Å². The smallest absolute Gasteiger partial charge is 0.253 e. The lowest BCUT2D eigenvalue weighted by Gasteiger charge is -2.36. The van der Waals surface area contributed by atoms with Crippen molar-refractivity contribution >= 4 is 5.91 Å². The molecule has 2 fully saturated rings. The second-order valence-electron chi connectivity index (χ2n) is 6.58. The summed E-state index contributed by atoms with van der Waals surface area (Å²) in [7, 11) is 1.90. The highest BCUT2D eigenvalue weighted by Crippen LogP contribution is 2.31. The first-order valence-electron chi connectivity index (χ1n) is 8.17. The maximum atomic E-state index is 12.5. The summed E-state index contributed by atoms with van der Waals surface area (Å²) in [5.41, 5.74) is 1.26. The van der Waals surface area contributed by atoms with Crippen molar-refractivity contribution in [3.05, 3.63) is 35.4 Å². The molecule has 1 amide bonds. The first-order chi connectivity index (χ1) is 10.7. The van der Waals surface area contributed by atoms with Crippen LogP contribution in [0.3, 0.4) is 0 Å². The lowest BCUT2D eigenvalue weighted by atomic mass is 10.0. The molecule has 0 spiro atoms. The van der Waals surface area contributed by atoms with Crippen LogP contribution in [0.5, 0.6) is 0 Å². The Balaban J connectivity index is 1.55. The fraction of sp³-hybridized carbons (Fsp3) is 0.556. The van der Waals surface area contributed by atoms with Crippen LogP contribution in [0.15, 0.2) is 24.3 Å². The van der Waals surface area contributed by atoms with E-state index in [-0.39, 0.29) is 5.91 Å². The molecule has 0 unspecified atom stereocenters. The van der Waals surface area contributed by atoms with Gasteiger partial charge in [-0.25, -0.2) is 0 Å². The molecule has 4 heteroatoms. The summed E-state index contributed by atoms with van der Waals surface area (Å²) in [5, 5.41) is 8.82. The van der Waals surface area contributed by atoms with Gasteiger partial charge in [0.25, 0.3) is 5.91 Å². The number of amides is 1. The van der Waals surface area contributed by atoms with E-state index >= 15 is 0 Å². The van der Waals surface area contributed by atoms with Crippen molar-refractivity contribution in [3.8, 4) is 6.07 Å². The molecule has 22 heavy (non-hydrogen) atoms. The Bertz CT molecular complexity index is 563. The van der Waals surface area contributed by atoms with Gasteiger partial charge in [-0.1, -0.05) is 0 Å². The van der Waals surface area contributed by atoms with Crippen molar-refractivity contribution in [2.75, 3.05) is 26.7 Å². The van der Waals surface area contributed by atoms with E-state index in [2.05, 4.69) is 11.0 Å². The zero-order valence-corrected chi connectivity index (χ0v) is 13.2. The van der Waals surface area contributed by atoms with Gasteiger partial charge in [0.05, 0.1) is 11.6 Å². The summed E-state index contributed by atoms with van der Waals surface area (Å²) >= 11 is 0. The third kappa shape index (κ3) is 3.48. The molecule has 0 radical (unpaired) electrons. The van der Waals surface area contributed by atoms with Crippen LogP contribution in [0.1, 0.15) is 41.6 Å². The van der Waals surface area contributed by atoms with Crippen LogP contribution in [0.25, 0.3) is 0 Å². The van der Waals surface area contributed by atoms with Gasteiger partial charge in [-0.15, -0.1) is 0 Å². The van der Waals surface area contributed by atoms with Crippen LogP contribution in [-0.4, -0.2) is 48.4 Å². The first-order valence-corrected chi connectivity index (χ1v) is 8.17. The monoisotopic (exact) mass is 297 g/mol. The molecule has 1 aliphatic heterocycles. The third-order valence-electron chi connectivity index (χ3n) is 4.90. The minimum atomic E-state index is 0.0603. The second kappa shape index (κ2) is 6.50. The summed E-state index contributed by atoms with van der Waals surface area (Å²) in [5.74, 6) is 1.000. The number of nitrogens with zero attached hydrogens (tertiary/aromatic N) is 3. The summed E-state index contributed by atoms with van der Waals surface area (Å²) in [4.78, 5) is 17.0. The van der Waals surface area contributed by atoms with Crippen molar-refractivity contribution < 1.29 is 4.79 Å². The fourth-order valence-corrected chi connectivity index (χ4v) is 3.21. The fourth-order valence-electron chi connectivity index (χ4n) is 3.21. The van der Waals surface area contributed by atoms with Crippen molar-refractivity contribution in [1.29, 1.82) is 5.26 Å². The Labute approximate surface area is 132 Å². The first kappa shape index (κ1) is 15.1. The Kier molecular flexibility index (Phi) is 4.44. The van der Waals surface area contributed by atoms with Gasteiger partial charge in [0.15, 0.2) is 0 Å². The standard InChI is InChI=1S/C18H23N3O/c1-20(18(22)16-6-4-14(12-19)5-7-16)17-8-10-21(11-9-17)13-15-2-3-15/h4-7,15,17H,2-3,8-11,13H2,1H3. The van der Waals surface area contributed by atoms with E-state index in [0.29, 0.717) is 17.2 Å². The van der Waals surface area contributed by atoms with E-state index in [1.54, 1.807) is 24.3 Å². The Hall–Kier alpha value is -1.86. The molecule has 4 nitrogen and oxygen atoms in total. The molecule has 0 aromatic heterocycles. The average Bonchev–Trinajstić information content (AvgIpc) is 3.38. The van der Waals surface area contributed by atoms with Gasteiger partial charge < -0.3 is 9.80 Å². The zero-order chi connectivity index (χ0) is 15.5. The Morgan fingerprint density at radius 1 is 1.23 bits per heavy atom. The summed E-state index contributed by atoms with van der Waals surface area (Å²) < 4.78 is 0. The molecule has 1 aliphatic carbocycles. The molecule has 116 valence electrons. The molecular weight excluding hydrogens is 274 g/mol. The minimum absolute atomic E-state index is 0.0603. The lowest BCUT2D eigenvalue weighted by Crippen LogP contribution is -2.46. The largest absolute Gasteiger partial charge is 0.339 e. The molecular formula is C18H23N3O. The maximum absolute atomic E-state index is 12.5. The van der Waals surface area contributed by atoms with E-state index in [9.17, 15) is 4.79 Å². The summed E-state index contributed by atoms with van der Waals surface area (Å²) in [6, 6.07) is 9.33. The molecule has 0 bridgehead atoms. The number of hydrogen-bond acceptors (Lipinski definition) is 3. The van der Waals surface area contributed by atoms with Gasteiger partial charge >= 0.3 is 0 Å². The summed E-state index contributed by atoms with van der Waals surface area (Å²) in [6.07, 6.45) is 4.92. The molecule has 1 aromatic rings. The van der Waals surface area contributed by atoms with Gasteiger partial charge in [0.2, 0.25) is 0 Å².